The first-order valence-electron chi connectivity index (χ1n) is 5.73. The highest BCUT2D eigenvalue weighted by Crippen LogP contribution is 2.22. The predicted octanol–water partition coefficient (Wildman–Crippen LogP) is 3.46. The molecule has 0 aromatic heterocycles. The van der Waals surface area contributed by atoms with Crippen LogP contribution in [0, 0.1) is 5.82 Å². The summed E-state index contributed by atoms with van der Waals surface area (Å²) in [5.74, 6) is -0.788. The number of hydrogen-bond acceptors (Lipinski definition) is 3. The van der Waals surface area contributed by atoms with Crippen LogP contribution in [-0.4, -0.2) is 15.5 Å². The molecule has 0 unspecified atom stereocenters. The summed E-state index contributed by atoms with van der Waals surface area (Å²) < 4.78 is 42.7. The monoisotopic (exact) mass is 314 g/mol. The zero-order valence-electron chi connectivity index (χ0n) is 10.6. The summed E-state index contributed by atoms with van der Waals surface area (Å²) in [7, 11) is -2.18. The Labute approximate surface area is 121 Å². The van der Waals surface area contributed by atoms with Crippen molar-refractivity contribution in [3.63, 3.8) is 0 Å². The maximum Gasteiger partial charge on any atom is 0.182 e. The van der Waals surface area contributed by atoms with Crippen molar-refractivity contribution in [2.75, 3.05) is 7.11 Å². The van der Waals surface area contributed by atoms with Crippen LogP contribution in [0.1, 0.15) is 5.56 Å². The van der Waals surface area contributed by atoms with Gasteiger partial charge in [0, 0.05) is 5.02 Å². The minimum absolute atomic E-state index is 0.0811. The van der Waals surface area contributed by atoms with Crippen molar-refractivity contribution in [1.82, 2.24) is 0 Å². The number of hydrogen-bond donors (Lipinski definition) is 0. The van der Waals surface area contributed by atoms with Gasteiger partial charge in [0.1, 0.15) is 0 Å². The third-order valence-corrected chi connectivity index (χ3v) is 4.70. The fourth-order valence-corrected chi connectivity index (χ4v) is 3.21. The highest BCUT2D eigenvalue weighted by molar-refractivity contribution is 7.90. The standard InChI is InChI=1S/C14H12ClFO3S/c1-19-14-7-2-10(8-13(14)16)9-20(17,18)12-5-3-11(15)4-6-12/h2-8H,9H2,1H3. The van der Waals surface area contributed by atoms with Crippen molar-refractivity contribution in [3.05, 3.63) is 58.9 Å². The maximum atomic E-state index is 13.5. The summed E-state index contributed by atoms with van der Waals surface area (Å²) in [6.45, 7) is 0. The minimum Gasteiger partial charge on any atom is -0.494 e. The molecule has 0 bridgehead atoms. The first-order chi connectivity index (χ1) is 9.42. The molecule has 2 rings (SSSR count). The summed E-state index contributed by atoms with van der Waals surface area (Å²) in [6.07, 6.45) is 0. The van der Waals surface area contributed by atoms with E-state index in [4.69, 9.17) is 16.3 Å². The molecule has 2 aromatic rings. The highest BCUT2D eigenvalue weighted by atomic mass is 35.5. The van der Waals surface area contributed by atoms with Gasteiger partial charge in [0.15, 0.2) is 21.4 Å². The largest absolute Gasteiger partial charge is 0.494 e. The van der Waals surface area contributed by atoms with Crippen LogP contribution < -0.4 is 4.74 Å². The lowest BCUT2D eigenvalue weighted by Gasteiger charge is -2.07. The Morgan fingerprint density at radius 3 is 2.35 bits per heavy atom. The van der Waals surface area contributed by atoms with Crippen LogP contribution in [-0.2, 0) is 15.6 Å². The molecule has 0 aliphatic carbocycles. The van der Waals surface area contributed by atoms with Crippen LogP contribution in [0.15, 0.2) is 47.4 Å². The van der Waals surface area contributed by atoms with Crippen LogP contribution in [0.4, 0.5) is 4.39 Å². The molecule has 3 nitrogen and oxygen atoms in total. The van der Waals surface area contributed by atoms with E-state index < -0.39 is 15.7 Å². The van der Waals surface area contributed by atoms with Crippen LogP contribution >= 0.6 is 11.6 Å². The molecule has 20 heavy (non-hydrogen) atoms. The van der Waals surface area contributed by atoms with Gasteiger partial charge in [-0.25, -0.2) is 12.8 Å². The summed E-state index contributed by atoms with van der Waals surface area (Å²) in [6, 6.07) is 9.95. The van der Waals surface area contributed by atoms with Gasteiger partial charge in [0.2, 0.25) is 0 Å². The second kappa shape index (κ2) is 5.81. The van der Waals surface area contributed by atoms with E-state index in [1.54, 1.807) is 0 Å². The highest BCUT2D eigenvalue weighted by Gasteiger charge is 2.16. The maximum absolute atomic E-state index is 13.5. The normalized spacial score (nSPS) is 11.3. The van der Waals surface area contributed by atoms with Gasteiger partial charge in [-0.1, -0.05) is 17.7 Å². The third-order valence-electron chi connectivity index (χ3n) is 2.75. The van der Waals surface area contributed by atoms with E-state index >= 15 is 0 Å². The van der Waals surface area contributed by atoms with Crippen LogP contribution in [0.3, 0.4) is 0 Å². The smallest absolute Gasteiger partial charge is 0.182 e. The van der Waals surface area contributed by atoms with E-state index in [9.17, 15) is 12.8 Å². The Balaban J connectivity index is 2.28. The molecular formula is C14H12ClFO3S. The number of halogens is 2. The van der Waals surface area contributed by atoms with Gasteiger partial charge in [0.25, 0.3) is 0 Å². The van der Waals surface area contributed by atoms with Gasteiger partial charge in [-0.15, -0.1) is 0 Å². The molecule has 106 valence electrons. The van der Waals surface area contributed by atoms with E-state index in [1.165, 1.54) is 43.5 Å². The molecule has 0 amide bonds. The molecule has 2 aromatic carbocycles. The van der Waals surface area contributed by atoms with Crippen molar-refractivity contribution >= 4 is 21.4 Å². The Hall–Kier alpha value is -1.59. The molecule has 0 fully saturated rings. The van der Waals surface area contributed by atoms with E-state index in [2.05, 4.69) is 0 Å². The molecule has 0 radical (unpaired) electrons. The summed E-state index contributed by atoms with van der Waals surface area (Å²) in [4.78, 5) is 0.151. The molecule has 0 saturated heterocycles. The quantitative estimate of drug-likeness (QED) is 0.868. The molecule has 0 spiro atoms. The molecule has 0 aliphatic rings. The van der Waals surface area contributed by atoms with Crippen LogP contribution in [0.5, 0.6) is 5.75 Å². The Kier molecular flexibility index (Phi) is 4.30. The SMILES string of the molecule is COc1ccc(CS(=O)(=O)c2ccc(Cl)cc2)cc1F. The molecule has 0 atom stereocenters. The van der Waals surface area contributed by atoms with Gasteiger partial charge < -0.3 is 4.74 Å². The van der Waals surface area contributed by atoms with Gasteiger partial charge in [-0.3, -0.25) is 0 Å². The Morgan fingerprint density at radius 1 is 1.15 bits per heavy atom. The van der Waals surface area contributed by atoms with Gasteiger partial charge >= 0.3 is 0 Å². The number of methoxy groups -OCH3 is 1. The van der Waals surface area contributed by atoms with E-state index in [-0.39, 0.29) is 16.4 Å². The zero-order chi connectivity index (χ0) is 14.8. The molecular weight excluding hydrogens is 303 g/mol. The topological polar surface area (TPSA) is 43.4 Å². The van der Waals surface area contributed by atoms with Crippen molar-refractivity contribution in [2.45, 2.75) is 10.6 Å². The number of benzene rings is 2. The second-order valence-electron chi connectivity index (χ2n) is 4.18. The fraction of sp³-hybridized carbons (Fsp3) is 0.143. The summed E-state index contributed by atoms with van der Waals surface area (Å²) >= 11 is 5.72. The number of ether oxygens (including phenoxy) is 1. The van der Waals surface area contributed by atoms with Gasteiger partial charge in [-0.2, -0.15) is 0 Å². The Bertz CT molecular complexity index is 712. The van der Waals surface area contributed by atoms with Crippen molar-refractivity contribution in [2.24, 2.45) is 0 Å². The lowest BCUT2D eigenvalue weighted by Crippen LogP contribution is -2.05. The minimum atomic E-state index is -3.53. The Morgan fingerprint density at radius 2 is 1.80 bits per heavy atom. The van der Waals surface area contributed by atoms with E-state index in [0.29, 0.717) is 10.6 Å². The van der Waals surface area contributed by atoms with Crippen LogP contribution in [0.25, 0.3) is 0 Å². The lowest BCUT2D eigenvalue weighted by atomic mass is 10.2. The first-order valence-corrected chi connectivity index (χ1v) is 7.76. The molecule has 0 saturated carbocycles. The molecule has 0 heterocycles. The lowest BCUT2D eigenvalue weighted by molar-refractivity contribution is 0.386. The predicted molar refractivity (Wildman–Crippen MR) is 75.3 cm³/mol. The summed E-state index contributed by atoms with van der Waals surface area (Å²) in [5.41, 5.74) is 0.359. The van der Waals surface area contributed by atoms with E-state index in [0.717, 1.165) is 6.07 Å². The van der Waals surface area contributed by atoms with Gasteiger partial charge in [-0.05, 0) is 42.0 Å². The number of sulfone groups is 1. The molecule has 0 N–H and O–H groups in total. The number of rotatable bonds is 4. The third kappa shape index (κ3) is 3.29. The van der Waals surface area contributed by atoms with Crippen molar-refractivity contribution in [1.29, 1.82) is 0 Å². The fourth-order valence-electron chi connectivity index (χ4n) is 1.74. The van der Waals surface area contributed by atoms with Gasteiger partial charge in [0.05, 0.1) is 17.8 Å². The average Bonchev–Trinajstić information content (AvgIpc) is 2.39. The first kappa shape index (κ1) is 14.8. The average molecular weight is 315 g/mol. The van der Waals surface area contributed by atoms with Crippen molar-refractivity contribution < 1.29 is 17.5 Å². The molecule has 6 heteroatoms. The molecule has 0 aliphatic heterocycles. The van der Waals surface area contributed by atoms with Crippen molar-refractivity contribution in [3.8, 4) is 5.75 Å². The van der Waals surface area contributed by atoms with Crippen LogP contribution in [0.2, 0.25) is 5.02 Å². The zero-order valence-corrected chi connectivity index (χ0v) is 12.2. The second-order valence-corrected chi connectivity index (χ2v) is 6.61. The summed E-state index contributed by atoms with van der Waals surface area (Å²) in [5, 5.41) is 0.458. The van der Waals surface area contributed by atoms with E-state index in [1.807, 2.05) is 0 Å².